The minimum atomic E-state index is -0.178. The van der Waals surface area contributed by atoms with Gasteiger partial charge < -0.3 is 9.80 Å². The normalized spacial score (nSPS) is 20.1. The largest absolute Gasteiger partial charge is 0.360 e. The maximum atomic E-state index is 13.1. The van der Waals surface area contributed by atoms with Gasteiger partial charge in [-0.05, 0) is 47.5 Å². The van der Waals surface area contributed by atoms with E-state index >= 15 is 0 Å². The molecule has 1 N–H and O–H groups in total. The summed E-state index contributed by atoms with van der Waals surface area (Å²) in [6, 6.07) is 7.28. The van der Waals surface area contributed by atoms with E-state index in [1.807, 2.05) is 12.1 Å². The van der Waals surface area contributed by atoms with E-state index in [9.17, 15) is 4.39 Å². The highest BCUT2D eigenvalue weighted by atomic mass is 19.1. The number of piperazine rings is 1. The summed E-state index contributed by atoms with van der Waals surface area (Å²) in [5.74, 6) is 0.847. The molecular formula is C18H26FN6+. The summed E-state index contributed by atoms with van der Waals surface area (Å²) in [5.41, 5.74) is 1.10. The molecule has 1 aliphatic heterocycles. The first-order valence-electron chi connectivity index (χ1n) is 9.40. The fourth-order valence-corrected chi connectivity index (χ4v) is 4.07. The SMILES string of the molecule is Fc1ccc(N2CC[NH+](Cc3nnnn3C3CCCCC3)CC2)cc1. The van der Waals surface area contributed by atoms with Gasteiger partial charge in [0.1, 0.15) is 12.4 Å². The molecule has 25 heavy (non-hydrogen) atoms. The molecule has 1 saturated carbocycles. The van der Waals surface area contributed by atoms with Gasteiger partial charge in [-0.25, -0.2) is 9.07 Å². The number of anilines is 1. The Kier molecular flexibility index (Phi) is 4.92. The van der Waals surface area contributed by atoms with Gasteiger partial charge in [-0.15, -0.1) is 5.10 Å². The second-order valence-corrected chi connectivity index (χ2v) is 7.22. The van der Waals surface area contributed by atoms with Crippen molar-refractivity contribution in [1.82, 2.24) is 20.2 Å². The van der Waals surface area contributed by atoms with Crippen molar-refractivity contribution in [2.24, 2.45) is 0 Å². The topological polar surface area (TPSA) is 51.3 Å². The highest BCUT2D eigenvalue weighted by Crippen LogP contribution is 2.27. The average molecular weight is 345 g/mol. The molecule has 1 aromatic heterocycles. The van der Waals surface area contributed by atoms with E-state index in [1.54, 1.807) is 0 Å². The van der Waals surface area contributed by atoms with Gasteiger partial charge in [0.05, 0.1) is 32.2 Å². The molecule has 0 unspecified atom stereocenters. The van der Waals surface area contributed by atoms with E-state index in [2.05, 4.69) is 25.1 Å². The van der Waals surface area contributed by atoms with Gasteiger partial charge in [0.15, 0.2) is 0 Å². The van der Waals surface area contributed by atoms with Gasteiger partial charge in [-0.2, -0.15) is 0 Å². The van der Waals surface area contributed by atoms with Crippen molar-refractivity contribution in [1.29, 1.82) is 0 Å². The molecule has 0 amide bonds. The van der Waals surface area contributed by atoms with Crippen LogP contribution in [0, 0.1) is 5.82 Å². The number of rotatable bonds is 4. The molecule has 1 aliphatic carbocycles. The first-order chi connectivity index (χ1) is 12.3. The van der Waals surface area contributed by atoms with E-state index in [4.69, 9.17) is 0 Å². The zero-order valence-electron chi connectivity index (χ0n) is 14.6. The second kappa shape index (κ2) is 7.47. The minimum Gasteiger partial charge on any atom is -0.360 e. The standard InChI is InChI=1S/C18H25FN6/c19-15-6-8-16(9-7-15)24-12-10-23(11-13-24)14-18-20-21-22-25(18)17-4-2-1-3-5-17/h6-9,17H,1-5,10-14H2/p+1. The molecular weight excluding hydrogens is 319 g/mol. The van der Waals surface area contributed by atoms with Crippen LogP contribution in [-0.4, -0.2) is 46.4 Å². The molecule has 2 aromatic rings. The van der Waals surface area contributed by atoms with Crippen LogP contribution in [0.1, 0.15) is 44.0 Å². The van der Waals surface area contributed by atoms with Gasteiger partial charge in [0.25, 0.3) is 0 Å². The minimum absolute atomic E-state index is 0.178. The van der Waals surface area contributed by atoms with E-state index in [0.717, 1.165) is 44.2 Å². The number of benzene rings is 1. The van der Waals surface area contributed by atoms with Gasteiger partial charge in [-0.3, -0.25) is 0 Å². The lowest BCUT2D eigenvalue weighted by Gasteiger charge is -2.33. The molecule has 4 rings (SSSR count). The smallest absolute Gasteiger partial charge is 0.206 e. The summed E-state index contributed by atoms with van der Waals surface area (Å²) in [6.45, 7) is 4.95. The molecule has 0 radical (unpaired) electrons. The van der Waals surface area contributed by atoms with Crippen LogP contribution in [-0.2, 0) is 6.54 Å². The van der Waals surface area contributed by atoms with Crippen molar-refractivity contribution in [3.63, 3.8) is 0 Å². The van der Waals surface area contributed by atoms with Gasteiger partial charge in [-0.1, -0.05) is 19.3 Å². The maximum Gasteiger partial charge on any atom is 0.206 e. The summed E-state index contributed by atoms with van der Waals surface area (Å²) >= 11 is 0. The van der Waals surface area contributed by atoms with Crippen LogP contribution in [0.3, 0.4) is 0 Å². The average Bonchev–Trinajstić information content (AvgIpc) is 3.12. The van der Waals surface area contributed by atoms with E-state index in [1.165, 1.54) is 49.1 Å². The molecule has 1 saturated heterocycles. The third-order valence-corrected chi connectivity index (χ3v) is 5.55. The van der Waals surface area contributed by atoms with Crippen molar-refractivity contribution in [2.45, 2.75) is 44.7 Å². The second-order valence-electron chi connectivity index (χ2n) is 7.22. The lowest BCUT2D eigenvalue weighted by Crippen LogP contribution is -3.13. The number of hydrogen-bond acceptors (Lipinski definition) is 4. The van der Waals surface area contributed by atoms with Crippen LogP contribution in [0.15, 0.2) is 24.3 Å². The third kappa shape index (κ3) is 3.81. The van der Waals surface area contributed by atoms with Crippen LogP contribution in [0.25, 0.3) is 0 Å². The molecule has 1 aromatic carbocycles. The Morgan fingerprint density at radius 1 is 1.04 bits per heavy atom. The Hall–Kier alpha value is -2.02. The van der Waals surface area contributed by atoms with E-state index in [-0.39, 0.29) is 5.82 Å². The predicted molar refractivity (Wildman–Crippen MR) is 93.0 cm³/mol. The quantitative estimate of drug-likeness (QED) is 0.905. The number of tetrazole rings is 1. The van der Waals surface area contributed by atoms with Crippen molar-refractivity contribution in [2.75, 3.05) is 31.1 Å². The lowest BCUT2D eigenvalue weighted by molar-refractivity contribution is -0.915. The molecule has 2 heterocycles. The van der Waals surface area contributed by atoms with Crippen LogP contribution in [0.2, 0.25) is 0 Å². The molecule has 6 nitrogen and oxygen atoms in total. The first-order valence-corrected chi connectivity index (χ1v) is 9.40. The Labute approximate surface area is 147 Å². The number of nitrogens with zero attached hydrogens (tertiary/aromatic N) is 5. The summed E-state index contributed by atoms with van der Waals surface area (Å²) in [7, 11) is 0. The molecule has 2 fully saturated rings. The first kappa shape index (κ1) is 16.4. The Morgan fingerprint density at radius 3 is 2.48 bits per heavy atom. The van der Waals surface area contributed by atoms with Crippen LogP contribution in [0.5, 0.6) is 0 Å². The highest BCUT2D eigenvalue weighted by Gasteiger charge is 2.25. The number of aromatic nitrogens is 4. The van der Waals surface area contributed by atoms with E-state index < -0.39 is 0 Å². The number of quaternary nitrogens is 1. The monoisotopic (exact) mass is 345 g/mol. The summed E-state index contributed by atoms with van der Waals surface area (Å²) < 4.78 is 15.2. The van der Waals surface area contributed by atoms with Crippen LogP contribution >= 0.6 is 0 Å². The zero-order valence-corrected chi connectivity index (χ0v) is 14.6. The molecule has 134 valence electrons. The summed E-state index contributed by atoms with van der Waals surface area (Å²) in [6.07, 6.45) is 6.31. The van der Waals surface area contributed by atoms with Gasteiger partial charge in [0, 0.05) is 5.69 Å². The maximum absolute atomic E-state index is 13.1. The van der Waals surface area contributed by atoms with Gasteiger partial charge >= 0.3 is 0 Å². The zero-order chi connectivity index (χ0) is 17.1. The number of hydrogen-bond donors (Lipinski definition) is 1. The fourth-order valence-electron chi connectivity index (χ4n) is 4.07. The van der Waals surface area contributed by atoms with Crippen molar-refractivity contribution in [3.05, 3.63) is 35.9 Å². The van der Waals surface area contributed by atoms with Crippen molar-refractivity contribution in [3.8, 4) is 0 Å². The lowest BCUT2D eigenvalue weighted by atomic mass is 9.95. The van der Waals surface area contributed by atoms with E-state index in [0.29, 0.717) is 6.04 Å². The third-order valence-electron chi connectivity index (χ3n) is 5.55. The molecule has 0 bridgehead atoms. The summed E-state index contributed by atoms with van der Waals surface area (Å²) in [4.78, 5) is 3.85. The molecule has 0 spiro atoms. The Bertz CT molecular complexity index is 671. The Balaban J connectivity index is 1.34. The molecule has 7 heteroatoms. The fraction of sp³-hybridized carbons (Fsp3) is 0.611. The number of nitrogens with one attached hydrogen (secondary N) is 1. The molecule has 0 atom stereocenters. The highest BCUT2D eigenvalue weighted by molar-refractivity contribution is 5.46. The van der Waals surface area contributed by atoms with Crippen LogP contribution in [0.4, 0.5) is 10.1 Å². The van der Waals surface area contributed by atoms with Crippen LogP contribution < -0.4 is 9.80 Å². The van der Waals surface area contributed by atoms with Crippen molar-refractivity contribution >= 4 is 5.69 Å². The predicted octanol–water partition coefficient (Wildman–Crippen LogP) is 1.22. The number of halogens is 1. The van der Waals surface area contributed by atoms with Crippen molar-refractivity contribution < 1.29 is 9.29 Å². The Morgan fingerprint density at radius 2 is 1.76 bits per heavy atom. The van der Waals surface area contributed by atoms with Gasteiger partial charge in [0.2, 0.25) is 5.82 Å². The summed E-state index contributed by atoms with van der Waals surface area (Å²) in [5, 5.41) is 12.5. The molecule has 2 aliphatic rings.